The Bertz CT molecular complexity index is 799. The van der Waals surface area contributed by atoms with Crippen LogP contribution < -0.4 is 0 Å². The Hall–Kier alpha value is 0. The Morgan fingerprint density at radius 1 is 0.485 bits per heavy atom. The first-order valence-corrected chi connectivity index (χ1v) is 15.5. The molecule has 13 atom stereocenters. The summed E-state index contributed by atoms with van der Waals surface area (Å²) >= 11 is 0. The molecule has 8 aliphatic carbocycles. The second-order valence-electron chi connectivity index (χ2n) is 12.8. The van der Waals surface area contributed by atoms with E-state index < -0.39 is 0 Å². The van der Waals surface area contributed by atoms with Crippen molar-refractivity contribution in [1.29, 1.82) is 0 Å². The molecule has 0 nitrogen and oxygen atoms in total. The molecule has 0 bridgehead atoms. The summed E-state index contributed by atoms with van der Waals surface area (Å²) in [6.07, 6.45) is 1.62. The van der Waals surface area contributed by atoms with Crippen LogP contribution in [0.2, 0.25) is 0 Å². The average Bonchev–Trinajstić information content (AvgIpc) is 2.85. The highest BCUT2D eigenvalue weighted by Gasteiger charge is 3.26. The van der Waals surface area contributed by atoms with Crippen molar-refractivity contribution in [2.75, 3.05) is 0 Å². The molecule has 0 saturated heterocycles. The van der Waals surface area contributed by atoms with Gasteiger partial charge in [0, 0.05) is 0 Å². The van der Waals surface area contributed by atoms with Gasteiger partial charge in [-0.3, -0.25) is 0 Å². The van der Waals surface area contributed by atoms with Crippen molar-refractivity contribution < 1.29 is 0 Å². The van der Waals surface area contributed by atoms with E-state index in [1.54, 1.807) is 6.42 Å². The lowest BCUT2D eigenvalue weighted by Crippen LogP contribution is -3.26. The van der Waals surface area contributed by atoms with Gasteiger partial charge >= 0.3 is 0 Å². The summed E-state index contributed by atoms with van der Waals surface area (Å²) in [5.74, 6) is 6.57. The zero-order chi connectivity index (χ0) is 26.2. The smallest absolute Gasteiger partial charge is 0.00604 e. The molecule has 8 saturated carbocycles. The van der Waals surface area contributed by atoms with E-state index in [0.717, 1.165) is 51.8 Å². The van der Waals surface area contributed by atoms with E-state index in [2.05, 4.69) is 55.4 Å². The van der Waals surface area contributed by atoms with Crippen LogP contribution in [-0.2, 0) is 0 Å². The molecule has 0 N–H and O–H groups in total. The zero-order valence-electron chi connectivity index (χ0n) is 26.2. The van der Waals surface area contributed by atoms with Crippen LogP contribution in [0.4, 0.5) is 0 Å². The summed E-state index contributed by atoms with van der Waals surface area (Å²) in [6, 6.07) is 0. The van der Waals surface area contributed by atoms with E-state index in [1.165, 1.54) is 0 Å². The Morgan fingerprint density at radius 3 is 1.39 bits per heavy atom. The third-order valence-electron chi connectivity index (χ3n) is 15.6. The van der Waals surface area contributed by atoms with Crippen molar-refractivity contribution in [2.45, 2.75) is 131 Å². The van der Waals surface area contributed by atoms with Crippen molar-refractivity contribution in [1.82, 2.24) is 0 Å². The minimum Gasteiger partial charge on any atom is -0.0683 e. The van der Waals surface area contributed by atoms with E-state index in [9.17, 15) is 0 Å². The minimum atomic E-state index is 0.533. The fourth-order valence-corrected chi connectivity index (χ4v) is 15.8. The number of fused-ring (bicyclic) bond motifs is 4. The molecule has 8 fully saturated rings. The Labute approximate surface area is 209 Å². The van der Waals surface area contributed by atoms with Crippen LogP contribution in [0.25, 0.3) is 0 Å². The van der Waals surface area contributed by atoms with Crippen LogP contribution in [0.15, 0.2) is 0 Å². The molecule has 0 heterocycles. The second kappa shape index (κ2) is 6.85. The van der Waals surface area contributed by atoms with Crippen LogP contribution in [0, 0.1) is 78.8 Å². The molecule has 0 aliphatic heterocycles. The third kappa shape index (κ3) is 1.35. The topological polar surface area (TPSA) is 0 Å². The molecular weight excluding hydrogens is 396 g/mol. The maximum Gasteiger partial charge on any atom is -0.00604 e. The lowest BCUT2D eigenvalue weighted by atomic mass is 8.75. The molecule has 0 amide bonds. The van der Waals surface area contributed by atoms with Gasteiger partial charge in [0.2, 0.25) is 0 Å². The fourth-order valence-electron chi connectivity index (χ4n) is 15.8. The Morgan fingerprint density at radius 2 is 0.939 bits per heavy atom. The monoisotopic (exact) mass is 458 g/mol. The summed E-state index contributed by atoms with van der Waals surface area (Å²) < 4.78 is 0. The van der Waals surface area contributed by atoms with Gasteiger partial charge < -0.3 is 0 Å². The molecule has 3 spiro atoms. The largest absolute Gasteiger partial charge is 0.0683 e. The summed E-state index contributed by atoms with van der Waals surface area (Å²) in [4.78, 5) is 0. The lowest BCUT2D eigenvalue weighted by molar-refractivity contribution is -0.827. The van der Waals surface area contributed by atoms with Gasteiger partial charge in [-0.1, -0.05) is 125 Å². The number of hydrogen-bond donors (Lipinski definition) is 0. The first-order chi connectivity index (χ1) is 15.5. The van der Waals surface area contributed by atoms with Crippen LogP contribution in [-0.4, -0.2) is 0 Å². The van der Waals surface area contributed by atoms with E-state index in [0.29, 0.717) is 27.1 Å². The van der Waals surface area contributed by atoms with Gasteiger partial charge in [0.25, 0.3) is 0 Å². The molecule has 8 rings (SSSR count). The normalized spacial score (nSPS) is 65.6. The molecule has 194 valence electrons. The fraction of sp³-hybridized carbons (Fsp3) is 1.00. The van der Waals surface area contributed by atoms with Crippen LogP contribution >= 0.6 is 0 Å². The Balaban J connectivity index is 0.000000277. The standard InChI is InChI=1S/C23H32.5C2H6/c1-10-12-9-13-15-14-11(2)17(5)16(3,4)19(7)20(8)18(10,6)21(12,13)23(15,20)22(14,17)19;5*1-2/h10-15H,9H2,1-8H3;5*1-2H3/t10-,11-,12+,13+,14-,15+,17-,18-,19+,20-,21+,22+,23+;;;;;/m1...../s1. The molecular formula is C33H62. The number of rotatable bonds is 0. The maximum absolute atomic E-state index is 2.80. The van der Waals surface area contributed by atoms with E-state index >= 15 is 0 Å². The van der Waals surface area contributed by atoms with Gasteiger partial charge in [-0.25, -0.2) is 0 Å². The van der Waals surface area contributed by atoms with E-state index in [4.69, 9.17) is 0 Å². The molecule has 0 aromatic heterocycles. The molecule has 0 radical (unpaired) electrons. The highest BCUT2D eigenvalue weighted by Crippen LogP contribution is 3.29. The van der Waals surface area contributed by atoms with Crippen LogP contribution in [0.3, 0.4) is 0 Å². The van der Waals surface area contributed by atoms with Gasteiger partial charge in [-0.2, -0.15) is 0 Å². The highest BCUT2D eigenvalue weighted by molar-refractivity contribution is 5.72. The van der Waals surface area contributed by atoms with Crippen LogP contribution in [0.5, 0.6) is 0 Å². The molecule has 0 aromatic carbocycles. The predicted molar refractivity (Wildman–Crippen MR) is 147 cm³/mol. The van der Waals surface area contributed by atoms with Gasteiger partial charge in [0.05, 0.1) is 0 Å². The van der Waals surface area contributed by atoms with Crippen molar-refractivity contribution in [3.05, 3.63) is 0 Å². The van der Waals surface area contributed by atoms with Crippen molar-refractivity contribution >= 4 is 0 Å². The highest BCUT2D eigenvalue weighted by atomic mass is 15.3. The van der Waals surface area contributed by atoms with Crippen LogP contribution in [0.1, 0.15) is 131 Å². The maximum atomic E-state index is 2.80. The van der Waals surface area contributed by atoms with Crippen molar-refractivity contribution in [3.8, 4) is 0 Å². The minimum absolute atomic E-state index is 0.533. The van der Waals surface area contributed by atoms with Gasteiger partial charge in [0.15, 0.2) is 0 Å². The third-order valence-corrected chi connectivity index (χ3v) is 15.6. The first-order valence-electron chi connectivity index (χ1n) is 15.5. The van der Waals surface area contributed by atoms with E-state index in [-0.39, 0.29) is 0 Å². The SMILES string of the molecule is CC.CC.CC.CC.CC.C[C@@H]1[C@@H]2C[C@H]3[C@H]4[C@H]5[C@@H](C)[C@]6(C)C(C)(C)[C@@]7(C)[C@@]8(C)[C@]1(C)[C@@]32[C@]48[C@]576. The molecule has 33 heavy (non-hydrogen) atoms. The van der Waals surface area contributed by atoms with Gasteiger partial charge in [-0.15, -0.1) is 0 Å². The summed E-state index contributed by atoms with van der Waals surface area (Å²) in [5, 5.41) is 0. The van der Waals surface area contributed by atoms with Gasteiger partial charge in [0.1, 0.15) is 0 Å². The Kier molecular flexibility index (Phi) is 5.73. The summed E-state index contributed by atoms with van der Waals surface area (Å²) in [6.45, 7) is 41.7. The summed E-state index contributed by atoms with van der Waals surface area (Å²) in [7, 11) is 0. The quantitative estimate of drug-likeness (QED) is 0.338. The average molecular weight is 459 g/mol. The van der Waals surface area contributed by atoms with Crippen molar-refractivity contribution in [3.63, 3.8) is 0 Å². The number of hydrogen-bond acceptors (Lipinski definition) is 0. The van der Waals surface area contributed by atoms with Crippen molar-refractivity contribution in [2.24, 2.45) is 78.8 Å². The molecule has 0 unspecified atom stereocenters. The molecule has 0 heteroatoms. The molecule has 8 aliphatic rings. The second-order valence-corrected chi connectivity index (χ2v) is 12.8. The first kappa shape index (κ1) is 27.6. The molecule has 0 aromatic rings. The van der Waals surface area contributed by atoms with Gasteiger partial charge in [-0.05, 0) is 85.2 Å². The summed E-state index contributed by atoms with van der Waals surface area (Å²) in [5.41, 5.74) is 5.61. The predicted octanol–water partition coefficient (Wildman–Crippen LogP) is 10.4. The lowest BCUT2D eigenvalue weighted by Gasteiger charge is -3.28. The van der Waals surface area contributed by atoms with E-state index in [1.807, 2.05) is 69.2 Å². The zero-order valence-corrected chi connectivity index (χ0v) is 26.2.